The van der Waals surface area contributed by atoms with Gasteiger partial charge in [0.25, 0.3) is 5.56 Å². The number of methoxy groups -OCH3 is 2. The van der Waals surface area contributed by atoms with Crippen molar-refractivity contribution in [3.8, 4) is 45.1 Å². The number of fused-ring (bicyclic) bond motifs is 1. The van der Waals surface area contributed by atoms with Gasteiger partial charge in [-0.3, -0.25) is 4.79 Å². The highest BCUT2D eigenvalue weighted by molar-refractivity contribution is 7.17. The summed E-state index contributed by atoms with van der Waals surface area (Å²) in [5, 5.41) is 2.59. The lowest BCUT2D eigenvalue weighted by Gasteiger charge is -2.09. The summed E-state index contributed by atoms with van der Waals surface area (Å²) in [6.07, 6.45) is 0. The number of nitrogens with zero attached hydrogens (tertiary/aromatic N) is 1. The molecule has 0 saturated carbocycles. The van der Waals surface area contributed by atoms with Crippen molar-refractivity contribution >= 4 is 21.6 Å². The first-order valence-electron chi connectivity index (χ1n) is 10.1. The topological polar surface area (TPSA) is 64.2 Å². The Morgan fingerprint density at radius 2 is 1.44 bits per heavy atom. The number of thiophene rings is 1. The van der Waals surface area contributed by atoms with E-state index < -0.39 is 0 Å². The second-order valence-electron chi connectivity index (χ2n) is 7.26. The second-order valence-corrected chi connectivity index (χ2v) is 8.12. The third kappa shape index (κ3) is 3.55. The molecule has 5 aromatic rings. The molecule has 2 heterocycles. The Labute approximate surface area is 188 Å². The monoisotopic (exact) mass is 440 g/mol. The van der Waals surface area contributed by atoms with Crippen molar-refractivity contribution in [1.82, 2.24) is 9.97 Å². The molecule has 6 heteroatoms. The van der Waals surface area contributed by atoms with E-state index in [1.54, 1.807) is 26.4 Å². The van der Waals surface area contributed by atoms with Crippen molar-refractivity contribution < 1.29 is 9.47 Å². The van der Waals surface area contributed by atoms with E-state index in [1.165, 1.54) is 11.3 Å². The number of benzene rings is 3. The number of ether oxygens (including phenoxy) is 2. The summed E-state index contributed by atoms with van der Waals surface area (Å²) < 4.78 is 10.7. The molecule has 0 aliphatic rings. The van der Waals surface area contributed by atoms with Gasteiger partial charge < -0.3 is 14.5 Å². The van der Waals surface area contributed by atoms with E-state index in [1.807, 2.05) is 41.8 Å². The van der Waals surface area contributed by atoms with E-state index in [-0.39, 0.29) is 5.56 Å². The van der Waals surface area contributed by atoms with Crippen LogP contribution < -0.4 is 15.0 Å². The molecule has 0 aliphatic carbocycles. The summed E-state index contributed by atoms with van der Waals surface area (Å²) in [5.74, 6) is 1.70. The van der Waals surface area contributed by atoms with Crippen molar-refractivity contribution in [3.63, 3.8) is 0 Å². The molecule has 0 aliphatic heterocycles. The molecule has 0 atom stereocenters. The van der Waals surface area contributed by atoms with Gasteiger partial charge in [0, 0.05) is 16.5 Å². The number of H-pyrrole nitrogens is 1. The van der Waals surface area contributed by atoms with Gasteiger partial charge in [-0.15, -0.1) is 11.3 Å². The molecule has 3 aromatic carbocycles. The lowest BCUT2D eigenvalue weighted by molar-refractivity contribution is 0.355. The van der Waals surface area contributed by atoms with Crippen LogP contribution in [-0.2, 0) is 0 Å². The number of rotatable bonds is 5. The molecular weight excluding hydrogens is 420 g/mol. The van der Waals surface area contributed by atoms with E-state index in [0.717, 1.165) is 27.8 Å². The first-order valence-corrected chi connectivity index (χ1v) is 11.0. The lowest BCUT2D eigenvalue weighted by atomic mass is 10.0. The quantitative estimate of drug-likeness (QED) is 0.364. The van der Waals surface area contributed by atoms with Crippen molar-refractivity contribution in [2.75, 3.05) is 14.2 Å². The Morgan fingerprint density at radius 1 is 0.781 bits per heavy atom. The van der Waals surface area contributed by atoms with Gasteiger partial charge in [0.05, 0.1) is 19.6 Å². The van der Waals surface area contributed by atoms with Crippen LogP contribution in [0.4, 0.5) is 0 Å². The fourth-order valence-corrected chi connectivity index (χ4v) is 4.70. The molecule has 5 nitrogen and oxygen atoms in total. The molecule has 2 aromatic heterocycles. The summed E-state index contributed by atoms with van der Waals surface area (Å²) in [4.78, 5) is 21.4. The fraction of sp³-hybridized carbons (Fsp3) is 0.0769. The van der Waals surface area contributed by atoms with Crippen molar-refractivity contribution in [1.29, 1.82) is 0 Å². The Kier molecular flexibility index (Phi) is 5.21. The molecule has 0 amide bonds. The molecule has 0 bridgehead atoms. The Balaban J connectivity index is 1.54. The predicted molar refractivity (Wildman–Crippen MR) is 130 cm³/mol. The van der Waals surface area contributed by atoms with Crippen LogP contribution in [0.5, 0.6) is 11.5 Å². The largest absolute Gasteiger partial charge is 0.493 e. The molecule has 0 unspecified atom stereocenters. The zero-order chi connectivity index (χ0) is 22.1. The van der Waals surface area contributed by atoms with Crippen LogP contribution in [-0.4, -0.2) is 24.2 Å². The van der Waals surface area contributed by atoms with Crippen molar-refractivity contribution in [2.24, 2.45) is 0 Å². The Morgan fingerprint density at radius 3 is 2.16 bits per heavy atom. The highest BCUT2D eigenvalue weighted by Crippen LogP contribution is 2.34. The van der Waals surface area contributed by atoms with Crippen LogP contribution in [0.2, 0.25) is 0 Å². The van der Waals surface area contributed by atoms with Gasteiger partial charge >= 0.3 is 0 Å². The number of hydrogen-bond acceptors (Lipinski definition) is 5. The zero-order valence-corrected chi connectivity index (χ0v) is 18.4. The summed E-state index contributed by atoms with van der Waals surface area (Å²) >= 11 is 1.46. The molecule has 158 valence electrons. The van der Waals surface area contributed by atoms with Crippen LogP contribution in [0.3, 0.4) is 0 Å². The maximum atomic E-state index is 13.0. The van der Waals surface area contributed by atoms with Gasteiger partial charge in [-0.2, -0.15) is 0 Å². The van der Waals surface area contributed by atoms with E-state index in [4.69, 9.17) is 14.5 Å². The van der Waals surface area contributed by atoms with Crippen LogP contribution in [0.1, 0.15) is 0 Å². The van der Waals surface area contributed by atoms with Crippen LogP contribution in [0.15, 0.2) is 83.0 Å². The number of hydrogen-bond donors (Lipinski definition) is 1. The minimum absolute atomic E-state index is 0.164. The highest BCUT2D eigenvalue weighted by Gasteiger charge is 2.15. The zero-order valence-electron chi connectivity index (χ0n) is 17.6. The van der Waals surface area contributed by atoms with Crippen molar-refractivity contribution in [3.05, 3.63) is 88.5 Å². The number of nitrogens with one attached hydrogen (secondary N) is 1. The molecule has 1 N–H and O–H groups in total. The van der Waals surface area contributed by atoms with Crippen molar-refractivity contribution in [2.45, 2.75) is 0 Å². The van der Waals surface area contributed by atoms with Crippen LogP contribution >= 0.6 is 11.3 Å². The SMILES string of the molecule is COc1ccc(-c2nc3scc(-c4ccc(-c5ccccc5)cc4)c3c(=O)[nH]2)cc1OC. The molecule has 32 heavy (non-hydrogen) atoms. The van der Waals surface area contributed by atoms with Crippen LogP contribution in [0.25, 0.3) is 43.9 Å². The molecule has 0 radical (unpaired) electrons. The molecule has 0 saturated heterocycles. The summed E-state index contributed by atoms with van der Waals surface area (Å²) in [7, 11) is 3.17. The lowest BCUT2D eigenvalue weighted by Crippen LogP contribution is -2.09. The van der Waals surface area contributed by atoms with Gasteiger partial charge in [0.1, 0.15) is 10.7 Å². The fourth-order valence-electron chi connectivity index (χ4n) is 3.75. The van der Waals surface area contributed by atoms with E-state index in [9.17, 15) is 4.79 Å². The molecule has 0 spiro atoms. The van der Waals surface area contributed by atoms with E-state index in [2.05, 4.69) is 29.2 Å². The highest BCUT2D eigenvalue weighted by atomic mass is 32.1. The smallest absolute Gasteiger partial charge is 0.260 e. The average molecular weight is 441 g/mol. The number of aromatic amines is 1. The van der Waals surface area contributed by atoms with Gasteiger partial charge in [0.15, 0.2) is 11.5 Å². The number of aromatic nitrogens is 2. The Bertz CT molecular complexity index is 1450. The first kappa shape index (κ1) is 20.0. The van der Waals surface area contributed by atoms with Gasteiger partial charge in [0.2, 0.25) is 0 Å². The standard InChI is InChI=1S/C26H20N2O3S/c1-30-21-13-12-19(14-22(21)31-2)24-27-25(29)23-20(15-32-26(23)28-24)18-10-8-17(9-11-18)16-6-4-3-5-7-16/h3-15H,1-2H3,(H,27,28,29). The van der Waals surface area contributed by atoms with Gasteiger partial charge in [-0.25, -0.2) is 4.98 Å². The summed E-state index contributed by atoms with van der Waals surface area (Å²) in [6.45, 7) is 0. The summed E-state index contributed by atoms with van der Waals surface area (Å²) in [6, 6.07) is 23.9. The normalized spacial score (nSPS) is 10.9. The average Bonchev–Trinajstić information content (AvgIpc) is 3.29. The second kappa shape index (κ2) is 8.32. The summed E-state index contributed by atoms with van der Waals surface area (Å²) in [5.41, 5.74) is 4.76. The molecule has 5 rings (SSSR count). The maximum absolute atomic E-state index is 13.0. The maximum Gasteiger partial charge on any atom is 0.260 e. The first-order chi connectivity index (χ1) is 15.7. The predicted octanol–water partition coefficient (Wildman–Crippen LogP) is 6.00. The third-order valence-corrected chi connectivity index (χ3v) is 6.28. The molecular formula is C26H20N2O3S. The van der Waals surface area contributed by atoms with E-state index in [0.29, 0.717) is 27.5 Å². The van der Waals surface area contributed by atoms with Crippen LogP contribution in [0, 0.1) is 0 Å². The van der Waals surface area contributed by atoms with Gasteiger partial charge in [-0.05, 0) is 34.9 Å². The minimum atomic E-state index is -0.164. The molecule has 0 fully saturated rings. The third-order valence-electron chi connectivity index (χ3n) is 5.40. The van der Waals surface area contributed by atoms with Gasteiger partial charge in [-0.1, -0.05) is 54.6 Å². The van der Waals surface area contributed by atoms with E-state index >= 15 is 0 Å². The minimum Gasteiger partial charge on any atom is -0.493 e. The Hall–Kier alpha value is -3.90.